The van der Waals surface area contributed by atoms with Crippen molar-refractivity contribution in [1.29, 1.82) is 0 Å². The summed E-state index contributed by atoms with van der Waals surface area (Å²) < 4.78 is 107. The van der Waals surface area contributed by atoms with Crippen molar-refractivity contribution >= 4 is 42.7 Å². The van der Waals surface area contributed by atoms with E-state index in [2.05, 4.69) is 5.32 Å². The van der Waals surface area contributed by atoms with Crippen molar-refractivity contribution in [3.8, 4) is 5.75 Å². The zero-order valence-electron chi connectivity index (χ0n) is 20.6. The number of sulfone groups is 1. The summed E-state index contributed by atoms with van der Waals surface area (Å²) in [6, 6.07) is 5.85. The number of carboxylic acid groups (broad SMARTS) is 1. The number of hydrogen-bond donors (Lipinski definition) is 2. The van der Waals surface area contributed by atoms with E-state index in [4.69, 9.17) is 4.74 Å². The number of aliphatic carboxylic acids is 1. The number of hydrogen-bond acceptors (Lipinski definition) is 5. The third-order valence-corrected chi connectivity index (χ3v) is 9.41. The lowest BCUT2D eigenvalue weighted by Crippen LogP contribution is -2.57. The van der Waals surface area contributed by atoms with Crippen molar-refractivity contribution in [2.75, 3.05) is 6.26 Å². The van der Waals surface area contributed by atoms with Gasteiger partial charge in [-0.25, -0.2) is 17.6 Å². The lowest BCUT2D eigenvalue weighted by molar-refractivity contribution is -0.140. The van der Waals surface area contributed by atoms with E-state index in [-0.39, 0.29) is 39.8 Å². The fourth-order valence-corrected chi connectivity index (χ4v) is 4.80. The van der Waals surface area contributed by atoms with Gasteiger partial charge in [-0.3, -0.25) is 4.79 Å². The quantitative estimate of drug-likeness (QED) is 0.283. The first-order valence-electron chi connectivity index (χ1n) is 10.9. The fraction of sp³-hybridized carbons (Fsp3) is 0.250. The molecule has 2 N–H and O–H groups in total. The van der Waals surface area contributed by atoms with Crippen LogP contribution >= 0.6 is 10.2 Å². The molecule has 0 bridgehead atoms. The number of halogens is 6. The van der Waals surface area contributed by atoms with Gasteiger partial charge in [0.1, 0.15) is 29.1 Å². The Labute approximate surface area is 219 Å². The normalized spacial score (nSPS) is 15.2. The van der Waals surface area contributed by atoms with Crippen molar-refractivity contribution in [1.82, 2.24) is 5.32 Å². The Morgan fingerprint density at radius 2 is 1.59 bits per heavy atom. The molecule has 0 saturated heterocycles. The maximum absolute atomic E-state index is 13.8. The molecule has 0 radical (unpaired) electrons. The molecule has 0 fully saturated rings. The molecule has 7 nitrogen and oxygen atoms in total. The van der Waals surface area contributed by atoms with Crippen LogP contribution in [0.3, 0.4) is 0 Å². The maximum Gasteiger partial charge on any atom is 0.327 e. The van der Waals surface area contributed by atoms with Crippen molar-refractivity contribution in [2.45, 2.75) is 36.1 Å². The van der Waals surface area contributed by atoms with Crippen LogP contribution in [0.25, 0.3) is 10.8 Å². The largest absolute Gasteiger partial charge is 0.487 e. The summed E-state index contributed by atoms with van der Waals surface area (Å²) in [5.74, 6) is -3.59. The predicted octanol–water partition coefficient (Wildman–Crippen LogP) is 6.22. The molecule has 0 heterocycles. The molecule has 0 aliphatic carbocycles. The highest BCUT2D eigenvalue weighted by atomic mass is 32.5. The number of ether oxygens (including phenoxy) is 1. The van der Waals surface area contributed by atoms with Crippen LogP contribution in [-0.4, -0.2) is 42.4 Å². The molecular weight excluding hydrogens is 576 g/mol. The van der Waals surface area contributed by atoms with E-state index in [0.29, 0.717) is 0 Å². The lowest BCUT2D eigenvalue weighted by Gasteiger charge is -2.40. The van der Waals surface area contributed by atoms with Crippen LogP contribution in [0.4, 0.5) is 23.8 Å². The van der Waals surface area contributed by atoms with E-state index >= 15 is 0 Å². The highest BCUT2D eigenvalue weighted by Crippen LogP contribution is 3.02. The number of carbonyl (C=O) groups excluding carboxylic acids is 1. The van der Waals surface area contributed by atoms with E-state index in [1.165, 1.54) is 12.1 Å². The standard InChI is InChI=1S/C24H23F6NO6S2/c1-24(2,38(3,35)36)21(23(33)34)31-22(32)19-10-6-15-12-16(25)7-11-18(15)20(19)37-13-14-4-8-17(9-5-14)39(26,27,28,29)30/h4-12,21H,13H2,1-3H3,(H,31,32)(H,33,34)/t21-/m1/s1. The van der Waals surface area contributed by atoms with Gasteiger partial charge in [0.2, 0.25) is 0 Å². The third kappa shape index (κ3) is 6.58. The first-order chi connectivity index (χ1) is 17.5. The summed E-state index contributed by atoms with van der Waals surface area (Å²) in [6.45, 7) is 1.70. The van der Waals surface area contributed by atoms with E-state index in [1.807, 2.05) is 0 Å². The van der Waals surface area contributed by atoms with E-state index in [1.54, 1.807) is 0 Å². The molecule has 0 spiro atoms. The van der Waals surface area contributed by atoms with Crippen LogP contribution in [0.1, 0.15) is 29.8 Å². The van der Waals surface area contributed by atoms with Gasteiger partial charge in [-0.05, 0) is 61.2 Å². The van der Waals surface area contributed by atoms with Crippen molar-refractivity contribution in [2.24, 2.45) is 0 Å². The molecule has 0 unspecified atom stereocenters. The second-order valence-electron chi connectivity index (χ2n) is 9.33. The van der Waals surface area contributed by atoms with Gasteiger partial charge < -0.3 is 15.2 Å². The monoisotopic (exact) mass is 599 g/mol. The van der Waals surface area contributed by atoms with Crippen molar-refractivity contribution in [3.63, 3.8) is 0 Å². The summed E-state index contributed by atoms with van der Waals surface area (Å²) in [6.07, 6.45) is 0.801. The Balaban J connectivity index is 2.02. The predicted molar refractivity (Wildman–Crippen MR) is 134 cm³/mol. The van der Waals surface area contributed by atoms with E-state index < -0.39 is 60.0 Å². The minimum absolute atomic E-state index is 0.00713. The smallest absolute Gasteiger partial charge is 0.327 e. The summed E-state index contributed by atoms with van der Waals surface area (Å²) in [5.41, 5.74) is -0.291. The SMILES string of the molecule is CC(C)([C@H](NC(=O)c1ccc2cc(F)ccc2c1OCc1ccc(S(F)(F)(F)(F)F)cc1)C(=O)O)S(C)(=O)=O. The fourth-order valence-electron chi connectivity index (χ4n) is 3.56. The van der Waals surface area contributed by atoms with Gasteiger partial charge in [-0.1, -0.05) is 37.6 Å². The Morgan fingerprint density at radius 1 is 1.00 bits per heavy atom. The molecule has 39 heavy (non-hydrogen) atoms. The highest BCUT2D eigenvalue weighted by Gasteiger charge is 2.65. The lowest BCUT2D eigenvalue weighted by atomic mass is 10.0. The van der Waals surface area contributed by atoms with E-state index in [9.17, 15) is 46.9 Å². The Hall–Kier alpha value is -3.46. The van der Waals surface area contributed by atoms with Crippen LogP contribution < -0.4 is 10.1 Å². The van der Waals surface area contributed by atoms with Crippen LogP contribution in [-0.2, 0) is 21.2 Å². The molecule has 214 valence electrons. The second kappa shape index (κ2) is 9.05. The molecule has 3 aromatic carbocycles. The number of nitrogens with one attached hydrogen (secondary N) is 1. The number of carbonyl (C=O) groups is 2. The van der Waals surface area contributed by atoms with Gasteiger partial charge in [0.25, 0.3) is 5.91 Å². The molecule has 15 heteroatoms. The number of fused-ring (bicyclic) bond motifs is 1. The number of amides is 1. The average molecular weight is 600 g/mol. The maximum atomic E-state index is 13.8. The van der Waals surface area contributed by atoms with Gasteiger partial charge in [0.15, 0.2) is 9.84 Å². The molecule has 0 aliphatic rings. The summed E-state index contributed by atoms with van der Waals surface area (Å²) in [7, 11) is -13.9. The molecule has 0 aliphatic heterocycles. The molecule has 0 saturated carbocycles. The molecule has 1 atom stereocenters. The molecule has 3 aromatic rings. The van der Waals surface area contributed by atoms with Gasteiger partial charge in [0.05, 0.1) is 10.3 Å². The Morgan fingerprint density at radius 3 is 2.10 bits per heavy atom. The van der Waals surface area contributed by atoms with Gasteiger partial charge >= 0.3 is 16.2 Å². The molecule has 0 aromatic heterocycles. The van der Waals surface area contributed by atoms with Gasteiger partial charge in [-0.15, -0.1) is 0 Å². The highest BCUT2D eigenvalue weighted by molar-refractivity contribution is 8.45. The third-order valence-electron chi connectivity index (χ3n) is 6.10. The molecular formula is C24H23F6NO6S2. The zero-order valence-corrected chi connectivity index (χ0v) is 22.2. The minimum Gasteiger partial charge on any atom is -0.487 e. The number of rotatable bonds is 9. The summed E-state index contributed by atoms with van der Waals surface area (Å²) in [5, 5.41) is 12.2. The average Bonchev–Trinajstić information content (AvgIpc) is 2.78. The van der Waals surface area contributed by atoms with Crippen LogP contribution in [0.15, 0.2) is 59.5 Å². The van der Waals surface area contributed by atoms with E-state index in [0.717, 1.165) is 50.4 Å². The van der Waals surface area contributed by atoms with Crippen molar-refractivity contribution in [3.05, 3.63) is 71.5 Å². The first-order valence-corrected chi connectivity index (χ1v) is 14.8. The number of carboxylic acids is 1. The molecule has 3 rings (SSSR count). The number of benzene rings is 3. The summed E-state index contributed by atoms with van der Waals surface area (Å²) >= 11 is 0. The summed E-state index contributed by atoms with van der Waals surface area (Å²) in [4.78, 5) is 22.9. The first kappa shape index (κ1) is 30.1. The minimum atomic E-state index is -9.90. The zero-order chi connectivity index (χ0) is 29.7. The Kier molecular flexibility index (Phi) is 6.98. The van der Waals surface area contributed by atoms with Crippen molar-refractivity contribution < 1.29 is 51.7 Å². The Bertz CT molecular complexity index is 1570. The van der Waals surface area contributed by atoms with Gasteiger partial charge in [0, 0.05) is 11.6 Å². The van der Waals surface area contributed by atoms with Crippen LogP contribution in [0.5, 0.6) is 5.75 Å². The van der Waals surface area contributed by atoms with Gasteiger partial charge in [-0.2, -0.15) is 0 Å². The molecule has 1 amide bonds. The van der Waals surface area contributed by atoms with Crippen LogP contribution in [0, 0.1) is 5.82 Å². The van der Waals surface area contributed by atoms with Crippen LogP contribution in [0.2, 0.25) is 0 Å². The topological polar surface area (TPSA) is 110 Å². The second-order valence-corrected chi connectivity index (χ2v) is 14.3.